The molecule has 1 atom stereocenters. The summed E-state index contributed by atoms with van der Waals surface area (Å²) in [6.45, 7) is 4.04. The van der Waals surface area contributed by atoms with Crippen LogP contribution in [0, 0.1) is 0 Å². The Morgan fingerprint density at radius 3 is 2.81 bits per heavy atom. The third-order valence-electron chi connectivity index (χ3n) is 2.62. The van der Waals surface area contributed by atoms with Crippen LogP contribution >= 0.6 is 11.8 Å². The van der Waals surface area contributed by atoms with E-state index in [0.29, 0.717) is 6.54 Å². The number of methoxy groups -OCH3 is 1. The van der Waals surface area contributed by atoms with E-state index in [4.69, 9.17) is 10.5 Å². The van der Waals surface area contributed by atoms with E-state index in [1.165, 1.54) is 18.6 Å². The number of nitrogens with zero attached hydrogens (tertiary/aromatic N) is 1. The van der Waals surface area contributed by atoms with Gasteiger partial charge in [-0.1, -0.05) is 0 Å². The standard InChI is InChI=1S/C10H21N3O2S/c1-15-9(8-11)10(14)12-2-3-13-4-6-16-7-5-13/h9H,2-8,11H2,1H3,(H,12,14). The lowest BCUT2D eigenvalue weighted by molar-refractivity contribution is -0.130. The zero-order valence-corrected chi connectivity index (χ0v) is 10.6. The van der Waals surface area contributed by atoms with Crippen molar-refractivity contribution in [2.45, 2.75) is 6.10 Å². The van der Waals surface area contributed by atoms with Crippen molar-refractivity contribution in [1.29, 1.82) is 0 Å². The second-order valence-corrected chi connectivity index (χ2v) is 4.93. The maximum atomic E-state index is 11.5. The molecule has 0 radical (unpaired) electrons. The molecule has 1 unspecified atom stereocenters. The van der Waals surface area contributed by atoms with Crippen LogP contribution in [0.5, 0.6) is 0 Å². The van der Waals surface area contributed by atoms with Gasteiger partial charge in [-0.2, -0.15) is 11.8 Å². The molecule has 16 heavy (non-hydrogen) atoms. The Morgan fingerprint density at radius 2 is 2.25 bits per heavy atom. The SMILES string of the molecule is COC(CN)C(=O)NCCN1CCSCC1. The lowest BCUT2D eigenvalue weighted by Crippen LogP contribution is -2.44. The number of rotatable bonds is 6. The molecule has 1 aliphatic rings. The summed E-state index contributed by atoms with van der Waals surface area (Å²) in [5.41, 5.74) is 5.40. The van der Waals surface area contributed by atoms with Gasteiger partial charge in [0.2, 0.25) is 5.91 Å². The minimum Gasteiger partial charge on any atom is -0.370 e. The van der Waals surface area contributed by atoms with Gasteiger partial charge < -0.3 is 15.8 Å². The van der Waals surface area contributed by atoms with Crippen LogP contribution in [0.4, 0.5) is 0 Å². The van der Waals surface area contributed by atoms with Gasteiger partial charge in [0.15, 0.2) is 0 Å². The third kappa shape index (κ3) is 4.69. The summed E-state index contributed by atoms with van der Waals surface area (Å²) in [6, 6.07) is 0. The number of carbonyl (C=O) groups excluding carboxylic acids is 1. The molecule has 1 saturated heterocycles. The molecule has 1 heterocycles. The summed E-state index contributed by atoms with van der Waals surface area (Å²) in [6.07, 6.45) is -0.517. The van der Waals surface area contributed by atoms with E-state index in [9.17, 15) is 4.79 Å². The Hall–Kier alpha value is -0.300. The van der Waals surface area contributed by atoms with Crippen molar-refractivity contribution in [1.82, 2.24) is 10.2 Å². The smallest absolute Gasteiger partial charge is 0.250 e. The molecule has 1 amide bonds. The Labute approximate surface area is 101 Å². The molecule has 94 valence electrons. The summed E-state index contributed by atoms with van der Waals surface area (Å²) in [7, 11) is 1.50. The maximum Gasteiger partial charge on any atom is 0.250 e. The highest BCUT2D eigenvalue weighted by atomic mass is 32.2. The van der Waals surface area contributed by atoms with E-state index in [1.807, 2.05) is 11.8 Å². The normalized spacial score (nSPS) is 19.4. The van der Waals surface area contributed by atoms with Crippen LogP contribution in [-0.4, -0.2) is 68.3 Å². The summed E-state index contributed by atoms with van der Waals surface area (Å²) >= 11 is 1.99. The van der Waals surface area contributed by atoms with Crippen LogP contribution in [0.3, 0.4) is 0 Å². The average Bonchev–Trinajstić information content (AvgIpc) is 2.32. The number of amides is 1. The molecular weight excluding hydrogens is 226 g/mol. The molecule has 1 fully saturated rings. The fourth-order valence-corrected chi connectivity index (χ4v) is 2.56. The van der Waals surface area contributed by atoms with Crippen molar-refractivity contribution in [2.24, 2.45) is 5.73 Å². The van der Waals surface area contributed by atoms with Gasteiger partial charge in [0.1, 0.15) is 6.10 Å². The minimum absolute atomic E-state index is 0.114. The molecule has 6 heteroatoms. The second-order valence-electron chi connectivity index (χ2n) is 3.71. The lowest BCUT2D eigenvalue weighted by Gasteiger charge is -2.26. The van der Waals surface area contributed by atoms with Gasteiger partial charge in [-0.25, -0.2) is 0 Å². The molecule has 0 aromatic rings. The highest BCUT2D eigenvalue weighted by Gasteiger charge is 2.15. The summed E-state index contributed by atoms with van der Waals surface area (Å²) in [5, 5.41) is 2.84. The average molecular weight is 247 g/mol. The van der Waals surface area contributed by atoms with E-state index in [1.54, 1.807) is 0 Å². The molecule has 3 N–H and O–H groups in total. The van der Waals surface area contributed by atoms with E-state index in [2.05, 4.69) is 10.2 Å². The van der Waals surface area contributed by atoms with E-state index >= 15 is 0 Å². The first-order chi connectivity index (χ1) is 7.77. The monoisotopic (exact) mass is 247 g/mol. The summed E-state index contributed by atoms with van der Waals surface area (Å²) in [4.78, 5) is 13.9. The Morgan fingerprint density at radius 1 is 1.56 bits per heavy atom. The molecule has 1 aliphatic heterocycles. The third-order valence-corrected chi connectivity index (χ3v) is 3.56. The quantitative estimate of drug-likeness (QED) is 0.638. The predicted molar refractivity (Wildman–Crippen MR) is 66.6 cm³/mol. The molecule has 1 rings (SSSR count). The van der Waals surface area contributed by atoms with Crippen molar-refractivity contribution in [3.8, 4) is 0 Å². The molecular formula is C10H21N3O2S. The van der Waals surface area contributed by atoms with Crippen molar-refractivity contribution in [2.75, 3.05) is 51.3 Å². The van der Waals surface area contributed by atoms with Crippen LogP contribution in [-0.2, 0) is 9.53 Å². The number of hydrogen-bond acceptors (Lipinski definition) is 5. The van der Waals surface area contributed by atoms with Gasteiger partial charge in [0.05, 0.1) is 0 Å². The molecule has 0 saturated carbocycles. The maximum absolute atomic E-state index is 11.5. The minimum atomic E-state index is -0.517. The Bertz CT molecular complexity index is 206. The van der Waals surface area contributed by atoms with Crippen LogP contribution in [0.1, 0.15) is 0 Å². The number of nitrogens with one attached hydrogen (secondary N) is 1. The van der Waals surface area contributed by atoms with Gasteiger partial charge in [-0.3, -0.25) is 9.69 Å². The van der Waals surface area contributed by atoms with Crippen LogP contribution < -0.4 is 11.1 Å². The fourth-order valence-electron chi connectivity index (χ4n) is 1.59. The molecule has 5 nitrogen and oxygen atoms in total. The Balaban J connectivity index is 2.11. The van der Waals surface area contributed by atoms with Gasteiger partial charge >= 0.3 is 0 Å². The largest absolute Gasteiger partial charge is 0.370 e. The number of thioether (sulfide) groups is 1. The zero-order chi connectivity index (χ0) is 11.8. The van der Waals surface area contributed by atoms with Crippen LogP contribution in [0.15, 0.2) is 0 Å². The van der Waals surface area contributed by atoms with E-state index in [0.717, 1.165) is 19.6 Å². The van der Waals surface area contributed by atoms with E-state index < -0.39 is 6.10 Å². The number of carbonyl (C=O) groups is 1. The van der Waals surface area contributed by atoms with Crippen molar-refractivity contribution >= 4 is 17.7 Å². The van der Waals surface area contributed by atoms with Gasteiger partial charge in [-0.05, 0) is 0 Å². The van der Waals surface area contributed by atoms with Gasteiger partial charge in [-0.15, -0.1) is 0 Å². The summed E-state index contributed by atoms with van der Waals surface area (Å²) < 4.78 is 4.95. The topological polar surface area (TPSA) is 67.6 Å². The van der Waals surface area contributed by atoms with Crippen molar-refractivity contribution in [3.63, 3.8) is 0 Å². The first-order valence-corrected chi connectivity index (χ1v) is 6.74. The second kappa shape index (κ2) is 7.89. The predicted octanol–water partition coefficient (Wildman–Crippen LogP) is -0.875. The zero-order valence-electron chi connectivity index (χ0n) is 9.78. The first-order valence-electron chi connectivity index (χ1n) is 5.58. The number of ether oxygens (including phenoxy) is 1. The number of nitrogens with two attached hydrogens (primary N) is 1. The van der Waals surface area contributed by atoms with Crippen LogP contribution in [0.25, 0.3) is 0 Å². The Kier molecular flexibility index (Phi) is 6.79. The van der Waals surface area contributed by atoms with E-state index in [-0.39, 0.29) is 12.5 Å². The highest BCUT2D eigenvalue weighted by Crippen LogP contribution is 2.07. The van der Waals surface area contributed by atoms with Gasteiger partial charge in [0.25, 0.3) is 0 Å². The van der Waals surface area contributed by atoms with Crippen molar-refractivity contribution in [3.05, 3.63) is 0 Å². The molecule has 0 bridgehead atoms. The fraction of sp³-hybridized carbons (Fsp3) is 0.900. The molecule has 0 aromatic carbocycles. The lowest BCUT2D eigenvalue weighted by atomic mass is 10.3. The highest BCUT2D eigenvalue weighted by molar-refractivity contribution is 7.99. The summed E-state index contributed by atoms with van der Waals surface area (Å²) in [5.74, 6) is 2.27. The van der Waals surface area contributed by atoms with Crippen molar-refractivity contribution < 1.29 is 9.53 Å². The van der Waals surface area contributed by atoms with Crippen LogP contribution in [0.2, 0.25) is 0 Å². The number of hydrogen-bond donors (Lipinski definition) is 2. The molecule has 0 spiro atoms. The molecule has 0 aromatic heterocycles. The molecule has 0 aliphatic carbocycles. The van der Waals surface area contributed by atoms with Gasteiger partial charge in [0, 0.05) is 51.3 Å². The first kappa shape index (κ1) is 13.8.